The van der Waals surface area contributed by atoms with Crippen molar-refractivity contribution < 1.29 is 0 Å². The van der Waals surface area contributed by atoms with Gasteiger partial charge in [0.25, 0.3) is 0 Å². The Morgan fingerprint density at radius 1 is 1.44 bits per heavy atom. The van der Waals surface area contributed by atoms with Gasteiger partial charge in [-0.25, -0.2) is 0 Å². The number of hydrogen-bond donors (Lipinski definition) is 1. The lowest BCUT2D eigenvalue weighted by molar-refractivity contribution is 0.644. The summed E-state index contributed by atoms with van der Waals surface area (Å²) >= 11 is 1.83. The van der Waals surface area contributed by atoms with Gasteiger partial charge in [-0.05, 0) is 18.9 Å². The second-order valence-electron chi connectivity index (χ2n) is 4.13. The minimum Gasteiger partial charge on any atom is -0.362 e. The van der Waals surface area contributed by atoms with Gasteiger partial charge in [0.2, 0.25) is 0 Å². The number of nitrogens with one attached hydrogen (secondary N) is 1. The average Bonchev–Trinajstić information content (AvgIpc) is 2.78. The molecule has 0 fully saturated rings. The molecule has 3 heteroatoms. The van der Waals surface area contributed by atoms with E-state index in [1.165, 1.54) is 5.56 Å². The topological polar surface area (TPSA) is 24.4 Å². The van der Waals surface area contributed by atoms with E-state index in [2.05, 4.69) is 43.4 Å². The molecule has 0 spiro atoms. The molecular weight excluding hydrogens is 216 g/mol. The van der Waals surface area contributed by atoms with Gasteiger partial charge >= 0.3 is 0 Å². The molecule has 2 nitrogen and oxygen atoms in total. The summed E-state index contributed by atoms with van der Waals surface area (Å²) in [6, 6.07) is 11.4. The molecule has 2 unspecified atom stereocenters. The van der Waals surface area contributed by atoms with E-state index >= 15 is 0 Å². The molecule has 0 saturated heterocycles. The van der Waals surface area contributed by atoms with E-state index < -0.39 is 0 Å². The van der Waals surface area contributed by atoms with E-state index in [-0.39, 0.29) is 0 Å². The van der Waals surface area contributed by atoms with Crippen molar-refractivity contribution in [2.24, 2.45) is 4.99 Å². The zero-order chi connectivity index (χ0) is 11.4. The summed E-state index contributed by atoms with van der Waals surface area (Å²) in [4.78, 5) is 4.71. The first-order valence-corrected chi connectivity index (χ1v) is 6.80. The largest absolute Gasteiger partial charge is 0.362 e. The fourth-order valence-corrected chi connectivity index (χ4v) is 2.68. The smallest absolute Gasteiger partial charge is 0.157 e. The van der Waals surface area contributed by atoms with Crippen molar-refractivity contribution in [2.75, 3.05) is 5.75 Å². The summed E-state index contributed by atoms with van der Waals surface area (Å²) < 4.78 is 0. The predicted octanol–water partition coefficient (Wildman–Crippen LogP) is 3.22. The van der Waals surface area contributed by atoms with Crippen LogP contribution in [0.1, 0.15) is 31.9 Å². The minimum absolute atomic E-state index is 0.331. The van der Waals surface area contributed by atoms with Gasteiger partial charge in [-0.2, -0.15) is 0 Å². The van der Waals surface area contributed by atoms with Crippen LogP contribution in [-0.2, 0) is 0 Å². The molecule has 0 bridgehead atoms. The van der Waals surface area contributed by atoms with Gasteiger partial charge in [0, 0.05) is 11.8 Å². The van der Waals surface area contributed by atoms with Crippen LogP contribution in [0.5, 0.6) is 0 Å². The van der Waals surface area contributed by atoms with Crippen LogP contribution in [0.25, 0.3) is 0 Å². The maximum atomic E-state index is 4.71. The van der Waals surface area contributed by atoms with Crippen LogP contribution < -0.4 is 5.32 Å². The van der Waals surface area contributed by atoms with E-state index in [1.54, 1.807) is 0 Å². The fourth-order valence-electron chi connectivity index (χ4n) is 1.61. The van der Waals surface area contributed by atoms with Crippen LogP contribution in [0.15, 0.2) is 35.3 Å². The molecule has 2 rings (SSSR count). The van der Waals surface area contributed by atoms with Gasteiger partial charge in [-0.15, -0.1) is 0 Å². The monoisotopic (exact) mass is 234 g/mol. The molecule has 1 aliphatic rings. The molecule has 0 aliphatic carbocycles. The summed E-state index contributed by atoms with van der Waals surface area (Å²) in [6.45, 7) is 4.38. The SMILES string of the molecule is CCC(C)NC1=NC(c2ccccc2)CS1. The average molecular weight is 234 g/mol. The lowest BCUT2D eigenvalue weighted by Crippen LogP contribution is -2.28. The normalized spacial score (nSPS) is 21.6. The Hall–Kier alpha value is -0.960. The number of amidine groups is 1. The summed E-state index contributed by atoms with van der Waals surface area (Å²) in [5.41, 5.74) is 1.32. The summed E-state index contributed by atoms with van der Waals surface area (Å²) in [5.74, 6) is 1.06. The number of aliphatic imine (C=N–C) groups is 1. The molecule has 0 amide bonds. The van der Waals surface area contributed by atoms with Crippen LogP contribution >= 0.6 is 11.8 Å². The van der Waals surface area contributed by atoms with Crippen LogP contribution in [0.2, 0.25) is 0 Å². The van der Waals surface area contributed by atoms with E-state index in [0.717, 1.165) is 17.3 Å². The predicted molar refractivity (Wildman–Crippen MR) is 72.0 cm³/mol. The van der Waals surface area contributed by atoms with Crippen LogP contribution in [-0.4, -0.2) is 17.0 Å². The molecule has 0 aromatic heterocycles. The number of hydrogen-bond acceptors (Lipinski definition) is 3. The van der Waals surface area contributed by atoms with Gasteiger partial charge in [-0.3, -0.25) is 4.99 Å². The summed E-state index contributed by atoms with van der Waals surface area (Å²) in [5, 5.41) is 4.54. The highest BCUT2D eigenvalue weighted by Gasteiger charge is 2.20. The van der Waals surface area contributed by atoms with Crippen molar-refractivity contribution in [1.29, 1.82) is 0 Å². The van der Waals surface area contributed by atoms with E-state index in [0.29, 0.717) is 12.1 Å². The first kappa shape index (κ1) is 11.5. The standard InChI is InChI=1S/C13H18N2S/c1-3-10(2)14-13-15-12(9-16-13)11-7-5-4-6-8-11/h4-8,10,12H,3,9H2,1-2H3,(H,14,15). The molecule has 86 valence electrons. The zero-order valence-electron chi connectivity index (χ0n) is 9.81. The maximum Gasteiger partial charge on any atom is 0.157 e. The molecule has 1 N–H and O–H groups in total. The summed E-state index contributed by atoms with van der Waals surface area (Å²) in [6.07, 6.45) is 1.13. The van der Waals surface area contributed by atoms with Crippen molar-refractivity contribution >= 4 is 16.9 Å². The Balaban J connectivity index is 2.01. The van der Waals surface area contributed by atoms with Crippen molar-refractivity contribution in [2.45, 2.75) is 32.4 Å². The Bertz CT molecular complexity index is 361. The molecule has 0 saturated carbocycles. The third-order valence-corrected chi connectivity index (χ3v) is 3.80. The molecular formula is C13H18N2S. The molecule has 16 heavy (non-hydrogen) atoms. The van der Waals surface area contributed by atoms with Crippen LogP contribution in [0.4, 0.5) is 0 Å². The Labute approximate surface area is 102 Å². The van der Waals surface area contributed by atoms with E-state index in [9.17, 15) is 0 Å². The first-order chi connectivity index (χ1) is 7.79. The fraction of sp³-hybridized carbons (Fsp3) is 0.462. The lowest BCUT2D eigenvalue weighted by Gasteiger charge is -2.10. The minimum atomic E-state index is 0.331. The van der Waals surface area contributed by atoms with Gasteiger partial charge in [0.15, 0.2) is 5.17 Å². The quantitative estimate of drug-likeness (QED) is 0.868. The van der Waals surface area contributed by atoms with Gasteiger partial charge < -0.3 is 5.32 Å². The molecule has 1 aromatic rings. The van der Waals surface area contributed by atoms with Crippen LogP contribution in [0.3, 0.4) is 0 Å². The highest BCUT2D eigenvalue weighted by molar-refractivity contribution is 8.14. The number of rotatable bonds is 3. The Morgan fingerprint density at radius 3 is 2.88 bits per heavy atom. The maximum absolute atomic E-state index is 4.71. The number of nitrogens with zero attached hydrogens (tertiary/aromatic N) is 1. The molecule has 1 aromatic carbocycles. The highest BCUT2D eigenvalue weighted by atomic mass is 32.2. The van der Waals surface area contributed by atoms with Crippen molar-refractivity contribution in [3.8, 4) is 0 Å². The molecule has 0 radical (unpaired) electrons. The van der Waals surface area contributed by atoms with Gasteiger partial charge in [0.1, 0.15) is 0 Å². The molecule has 2 atom stereocenters. The van der Waals surface area contributed by atoms with Gasteiger partial charge in [-0.1, -0.05) is 49.0 Å². The van der Waals surface area contributed by atoms with Crippen molar-refractivity contribution in [1.82, 2.24) is 5.32 Å². The third kappa shape index (κ3) is 2.79. The third-order valence-electron chi connectivity index (χ3n) is 2.82. The zero-order valence-corrected chi connectivity index (χ0v) is 10.6. The van der Waals surface area contributed by atoms with Crippen molar-refractivity contribution in [3.63, 3.8) is 0 Å². The number of thioether (sulfide) groups is 1. The Kier molecular flexibility index (Phi) is 3.88. The molecule has 1 heterocycles. The van der Waals surface area contributed by atoms with Crippen molar-refractivity contribution in [3.05, 3.63) is 35.9 Å². The number of benzene rings is 1. The Morgan fingerprint density at radius 2 is 2.19 bits per heavy atom. The van der Waals surface area contributed by atoms with E-state index in [4.69, 9.17) is 4.99 Å². The lowest BCUT2D eigenvalue weighted by atomic mass is 10.1. The second kappa shape index (κ2) is 5.39. The summed E-state index contributed by atoms with van der Waals surface area (Å²) in [7, 11) is 0. The first-order valence-electron chi connectivity index (χ1n) is 5.81. The van der Waals surface area contributed by atoms with E-state index in [1.807, 2.05) is 17.8 Å². The van der Waals surface area contributed by atoms with Crippen LogP contribution in [0, 0.1) is 0 Å². The highest BCUT2D eigenvalue weighted by Crippen LogP contribution is 2.29. The second-order valence-corrected chi connectivity index (χ2v) is 5.13. The molecule has 1 aliphatic heterocycles. The van der Waals surface area contributed by atoms with Gasteiger partial charge in [0.05, 0.1) is 6.04 Å².